The van der Waals surface area contributed by atoms with E-state index in [-0.39, 0.29) is 0 Å². The van der Waals surface area contributed by atoms with E-state index in [4.69, 9.17) is 14.4 Å². The quantitative estimate of drug-likeness (QED) is 0.183. The third kappa shape index (κ3) is 3.74. The van der Waals surface area contributed by atoms with Gasteiger partial charge in [-0.2, -0.15) is 0 Å². The molecule has 10 aromatic rings. The van der Waals surface area contributed by atoms with Gasteiger partial charge in [-0.15, -0.1) is 0 Å². The molecule has 4 heterocycles. The van der Waals surface area contributed by atoms with Gasteiger partial charge in [0.15, 0.2) is 0 Å². The largest absolute Gasteiger partial charge is 0.456 e. The van der Waals surface area contributed by atoms with Crippen molar-refractivity contribution in [2.24, 2.45) is 0 Å². The first-order valence-corrected chi connectivity index (χ1v) is 18.1. The number of pyridine rings is 2. The minimum atomic E-state index is -0.563. The van der Waals surface area contributed by atoms with Crippen molar-refractivity contribution in [2.45, 2.75) is 5.41 Å². The fourth-order valence-electron chi connectivity index (χ4n) is 9.42. The number of rotatable bonds is 2. The zero-order valence-electron chi connectivity index (χ0n) is 28.5. The lowest BCUT2D eigenvalue weighted by Crippen LogP contribution is -2.30. The second-order valence-corrected chi connectivity index (χ2v) is 14.1. The van der Waals surface area contributed by atoms with Crippen molar-refractivity contribution in [3.05, 3.63) is 197 Å². The summed E-state index contributed by atoms with van der Waals surface area (Å²) in [5.41, 5.74) is 15.6. The summed E-state index contributed by atoms with van der Waals surface area (Å²) in [6.45, 7) is 0. The molecule has 4 aromatic heterocycles. The summed E-state index contributed by atoms with van der Waals surface area (Å²) in [4.78, 5) is 9.52. The third-order valence-corrected chi connectivity index (χ3v) is 11.6. The molecule has 0 aliphatic heterocycles. The highest BCUT2D eigenvalue weighted by molar-refractivity contribution is 6.16. The summed E-state index contributed by atoms with van der Waals surface area (Å²) >= 11 is 0. The lowest BCUT2D eigenvalue weighted by Gasteiger charge is -2.35. The van der Waals surface area contributed by atoms with Crippen LogP contribution in [0.2, 0.25) is 0 Å². The fourth-order valence-corrected chi connectivity index (χ4v) is 9.42. The summed E-state index contributed by atoms with van der Waals surface area (Å²) < 4.78 is 8.64. The van der Waals surface area contributed by atoms with Gasteiger partial charge in [0.25, 0.3) is 0 Å². The zero-order valence-corrected chi connectivity index (χ0v) is 28.5. The molecule has 0 amide bonds. The van der Waals surface area contributed by atoms with Gasteiger partial charge >= 0.3 is 0 Å². The maximum Gasteiger partial charge on any atom is 0.146 e. The van der Waals surface area contributed by atoms with Gasteiger partial charge in [-0.05, 0) is 110 Å². The minimum absolute atomic E-state index is 0.563. The van der Waals surface area contributed by atoms with Crippen molar-refractivity contribution < 1.29 is 4.42 Å². The van der Waals surface area contributed by atoms with Gasteiger partial charge < -0.3 is 4.42 Å². The van der Waals surface area contributed by atoms with Crippen LogP contribution in [0.4, 0.5) is 0 Å². The van der Waals surface area contributed by atoms with Crippen LogP contribution in [-0.4, -0.2) is 14.5 Å². The van der Waals surface area contributed by atoms with E-state index in [2.05, 4.69) is 144 Å². The van der Waals surface area contributed by atoms with E-state index in [1.807, 2.05) is 36.7 Å². The molecule has 1 atom stereocenters. The SMILES string of the molecule is C1=Cc2ccc(-c3ccc4c(c3)c3cccnc3n4-c3ccccn3)cc2C2(c3ccccc31)c1ccccc1-c1c2ccc2oc3ccccc3c12. The predicted molar refractivity (Wildman–Crippen MR) is 215 cm³/mol. The Morgan fingerprint density at radius 1 is 0.491 bits per heavy atom. The van der Waals surface area contributed by atoms with Gasteiger partial charge in [0.05, 0.1) is 10.9 Å². The molecule has 4 nitrogen and oxygen atoms in total. The van der Waals surface area contributed by atoms with Crippen LogP contribution < -0.4 is 0 Å². The highest BCUT2D eigenvalue weighted by Gasteiger charge is 2.49. The number of benzene rings is 6. The average molecular weight is 676 g/mol. The van der Waals surface area contributed by atoms with Crippen LogP contribution in [-0.2, 0) is 5.41 Å². The Labute approximate surface area is 304 Å². The molecular weight excluding hydrogens is 647 g/mol. The molecule has 0 fully saturated rings. The second kappa shape index (κ2) is 10.5. The lowest BCUT2D eigenvalue weighted by molar-refractivity contribution is 0.668. The normalized spacial score (nSPS) is 15.5. The predicted octanol–water partition coefficient (Wildman–Crippen LogP) is 12.0. The Kier molecular flexibility index (Phi) is 5.67. The van der Waals surface area contributed by atoms with Gasteiger partial charge in [-0.25, -0.2) is 9.97 Å². The number of hydrogen-bond acceptors (Lipinski definition) is 3. The Hall–Kier alpha value is -7.04. The van der Waals surface area contributed by atoms with E-state index < -0.39 is 5.41 Å². The molecule has 12 rings (SSSR count). The van der Waals surface area contributed by atoms with Crippen LogP contribution >= 0.6 is 0 Å². The van der Waals surface area contributed by atoms with Crippen molar-refractivity contribution in [1.29, 1.82) is 0 Å². The van der Waals surface area contributed by atoms with Crippen molar-refractivity contribution in [3.63, 3.8) is 0 Å². The van der Waals surface area contributed by atoms with Gasteiger partial charge in [-0.1, -0.05) is 109 Å². The molecule has 2 aliphatic carbocycles. The van der Waals surface area contributed by atoms with E-state index in [1.165, 1.54) is 55.5 Å². The van der Waals surface area contributed by atoms with E-state index in [0.717, 1.165) is 49.9 Å². The maximum atomic E-state index is 6.48. The second-order valence-electron chi connectivity index (χ2n) is 14.1. The summed E-state index contributed by atoms with van der Waals surface area (Å²) in [7, 11) is 0. The smallest absolute Gasteiger partial charge is 0.146 e. The molecule has 6 aromatic carbocycles. The Balaban J connectivity index is 1.16. The summed E-state index contributed by atoms with van der Waals surface area (Å²) in [5, 5.41) is 4.58. The highest BCUT2D eigenvalue weighted by atomic mass is 16.3. The molecule has 1 spiro atoms. The van der Waals surface area contributed by atoms with Crippen LogP contribution in [0.3, 0.4) is 0 Å². The van der Waals surface area contributed by atoms with Crippen LogP contribution in [0, 0.1) is 0 Å². The van der Waals surface area contributed by atoms with Crippen molar-refractivity contribution >= 4 is 56.0 Å². The van der Waals surface area contributed by atoms with E-state index in [1.54, 1.807) is 0 Å². The summed E-state index contributed by atoms with van der Waals surface area (Å²) in [5.74, 6) is 0.856. The Morgan fingerprint density at radius 2 is 1.25 bits per heavy atom. The first-order chi connectivity index (χ1) is 26.3. The minimum Gasteiger partial charge on any atom is -0.456 e. The zero-order chi connectivity index (χ0) is 34.7. The van der Waals surface area contributed by atoms with Crippen LogP contribution in [0.5, 0.6) is 0 Å². The number of hydrogen-bond donors (Lipinski definition) is 0. The van der Waals surface area contributed by atoms with Gasteiger partial charge in [0.2, 0.25) is 0 Å². The lowest BCUT2D eigenvalue weighted by atomic mass is 9.65. The third-order valence-electron chi connectivity index (χ3n) is 11.6. The molecule has 0 N–H and O–H groups in total. The average Bonchev–Trinajstić information content (AvgIpc) is 3.83. The van der Waals surface area contributed by atoms with Gasteiger partial charge in [-0.3, -0.25) is 4.57 Å². The van der Waals surface area contributed by atoms with Crippen LogP contribution in [0.15, 0.2) is 168 Å². The first-order valence-electron chi connectivity index (χ1n) is 18.1. The molecular formula is C49H29N3O. The molecule has 2 aliphatic rings. The Bertz CT molecular complexity index is 3180. The number of aromatic nitrogens is 3. The van der Waals surface area contributed by atoms with Gasteiger partial charge in [0.1, 0.15) is 22.6 Å². The topological polar surface area (TPSA) is 43.9 Å². The maximum absolute atomic E-state index is 6.48. The standard InChI is InChI=1S/C49H29N3O/c1-4-14-38-30(10-1)18-19-31-20-21-33(32-22-24-42-37(28-32)34-13-9-27-51-48(34)52(42)45-17-7-8-26-50-45)29-41(31)49(38)39-15-5-2-11-35(39)46-40(49)23-25-44-47(46)36-12-3-6-16-43(36)53-44/h1-29H. The van der Waals surface area contributed by atoms with Crippen LogP contribution in [0.1, 0.15) is 33.4 Å². The van der Waals surface area contributed by atoms with Crippen molar-refractivity contribution in [1.82, 2.24) is 14.5 Å². The molecule has 0 radical (unpaired) electrons. The number of nitrogens with zero attached hydrogens (tertiary/aromatic N) is 3. The summed E-state index contributed by atoms with van der Waals surface area (Å²) in [6, 6.07) is 54.9. The highest BCUT2D eigenvalue weighted by Crippen LogP contribution is 2.61. The first kappa shape index (κ1) is 28.6. The number of fused-ring (bicyclic) bond motifs is 16. The number of furan rings is 1. The van der Waals surface area contributed by atoms with Crippen LogP contribution in [0.25, 0.3) is 84.1 Å². The van der Waals surface area contributed by atoms with E-state index >= 15 is 0 Å². The van der Waals surface area contributed by atoms with E-state index in [0.29, 0.717) is 0 Å². The molecule has 246 valence electrons. The van der Waals surface area contributed by atoms with Crippen molar-refractivity contribution in [3.8, 4) is 28.1 Å². The molecule has 53 heavy (non-hydrogen) atoms. The molecule has 4 heteroatoms. The van der Waals surface area contributed by atoms with Crippen molar-refractivity contribution in [2.75, 3.05) is 0 Å². The van der Waals surface area contributed by atoms with Gasteiger partial charge in [0, 0.05) is 33.9 Å². The monoisotopic (exact) mass is 675 g/mol. The molecule has 0 saturated heterocycles. The fraction of sp³-hybridized carbons (Fsp3) is 0.0204. The Morgan fingerprint density at radius 3 is 2.17 bits per heavy atom. The molecule has 0 saturated carbocycles. The summed E-state index contributed by atoms with van der Waals surface area (Å²) in [6.07, 6.45) is 8.28. The molecule has 0 bridgehead atoms. The van der Waals surface area contributed by atoms with E-state index in [9.17, 15) is 0 Å². The molecule has 1 unspecified atom stereocenters. The number of para-hydroxylation sites is 1.